The van der Waals surface area contributed by atoms with E-state index in [1.54, 1.807) is 18.4 Å². The molecule has 0 unspecified atom stereocenters. The number of nitrogens with zero attached hydrogens (tertiary/aromatic N) is 1. The Morgan fingerprint density at radius 3 is 2.90 bits per heavy atom. The molecular weight excluding hydrogens is 258 g/mol. The maximum Gasteiger partial charge on any atom is 0.269 e. The average Bonchev–Trinajstić information content (AvgIpc) is 3.10. The van der Waals surface area contributed by atoms with Crippen molar-refractivity contribution in [2.45, 2.75) is 19.9 Å². The molecule has 0 aliphatic rings. The third kappa shape index (κ3) is 3.96. The predicted octanol–water partition coefficient (Wildman–Crippen LogP) is 2.15. The minimum absolute atomic E-state index is 0.239. The number of amides is 1. The maximum absolute atomic E-state index is 12.0. The van der Waals surface area contributed by atoms with Gasteiger partial charge in [0.1, 0.15) is 17.5 Å². The smallest absolute Gasteiger partial charge is 0.269 e. The monoisotopic (exact) mass is 277 g/mol. The van der Waals surface area contributed by atoms with E-state index in [0.717, 1.165) is 0 Å². The first kappa shape index (κ1) is 14.3. The number of ether oxygens (including phenoxy) is 1. The van der Waals surface area contributed by atoms with Crippen molar-refractivity contribution in [3.63, 3.8) is 0 Å². The van der Waals surface area contributed by atoms with Crippen molar-refractivity contribution in [3.8, 4) is 0 Å². The van der Waals surface area contributed by atoms with Crippen LogP contribution in [0, 0.1) is 5.92 Å². The first-order valence-corrected chi connectivity index (χ1v) is 6.58. The fourth-order valence-electron chi connectivity index (χ4n) is 1.72. The first-order valence-electron chi connectivity index (χ1n) is 6.58. The van der Waals surface area contributed by atoms with Crippen LogP contribution in [0.5, 0.6) is 0 Å². The molecule has 0 saturated carbocycles. The van der Waals surface area contributed by atoms with E-state index in [1.165, 1.54) is 6.20 Å². The molecule has 0 saturated heterocycles. The normalized spacial score (nSPS) is 12.6. The lowest BCUT2D eigenvalue weighted by Gasteiger charge is -2.17. The highest BCUT2D eigenvalue weighted by Gasteiger charge is 2.19. The van der Waals surface area contributed by atoms with Gasteiger partial charge in [-0.3, -0.25) is 9.89 Å². The Labute approximate surface area is 117 Å². The van der Waals surface area contributed by atoms with Crippen LogP contribution in [0.3, 0.4) is 0 Å². The zero-order chi connectivity index (χ0) is 14.4. The highest BCUT2D eigenvalue weighted by molar-refractivity contribution is 5.92. The second-order valence-corrected chi connectivity index (χ2v) is 4.94. The fraction of sp³-hybridized carbons (Fsp3) is 0.429. The van der Waals surface area contributed by atoms with E-state index in [4.69, 9.17) is 9.15 Å². The molecule has 108 valence electrons. The second-order valence-electron chi connectivity index (χ2n) is 4.94. The summed E-state index contributed by atoms with van der Waals surface area (Å²) in [7, 11) is 0. The van der Waals surface area contributed by atoms with E-state index >= 15 is 0 Å². The summed E-state index contributed by atoms with van der Waals surface area (Å²) in [5, 5.41) is 9.25. The van der Waals surface area contributed by atoms with Crippen LogP contribution in [0.2, 0.25) is 0 Å². The van der Waals surface area contributed by atoms with Crippen molar-refractivity contribution in [3.05, 3.63) is 42.1 Å². The number of H-pyrrole nitrogens is 1. The number of furan rings is 1. The molecule has 2 rings (SSSR count). The summed E-state index contributed by atoms with van der Waals surface area (Å²) in [5.41, 5.74) is 0.408. The molecule has 0 aromatic carbocycles. The number of carbonyl (C=O) groups is 1. The van der Waals surface area contributed by atoms with Gasteiger partial charge in [0.05, 0.1) is 12.9 Å². The van der Waals surface area contributed by atoms with Crippen LogP contribution >= 0.6 is 0 Å². The Hall–Kier alpha value is -2.08. The van der Waals surface area contributed by atoms with Crippen LogP contribution in [0.1, 0.15) is 36.1 Å². The van der Waals surface area contributed by atoms with Gasteiger partial charge in [0.15, 0.2) is 0 Å². The zero-order valence-corrected chi connectivity index (χ0v) is 11.6. The van der Waals surface area contributed by atoms with Crippen molar-refractivity contribution >= 4 is 5.91 Å². The van der Waals surface area contributed by atoms with Crippen LogP contribution in [0.25, 0.3) is 0 Å². The number of carbonyl (C=O) groups excluding carboxylic acids is 1. The lowest BCUT2D eigenvalue weighted by atomic mass is 10.2. The summed E-state index contributed by atoms with van der Waals surface area (Å²) < 4.78 is 10.9. The molecule has 0 aliphatic carbocycles. The summed E-state index contributed by atoms with van der Waals surface area (Å²) in [6.45, 7) is 5.15. The summed E-state index contributed by atoms with van der Waals surface area (Å²) in [5.74, 6) is 0.870. The summed E-state index contributed by atoms with van der Waals surface area (Å²) in [6.07, 6.45) is 3.11. The van der Waals surface area contributed by atoms with E-state index < -0.39 is 0 Å². The van der Waals surface area contributed by atoms with Crippen LogP contribution in [0.4, 0.5) is 0 Å². The second kappa shape index (κ2) is 6.91. The quantitative estimate of drug-likeness (QED) is 0.812. The Bertz CT molecular complexity index is 506. The number of rotatable bonds is 7. The topological polar surface area (TPSA) is 80.1 Å². The Balaban J connectivity index is 1.97. The molecule has 6 nitrogen and oxygen atoms in total. The predicted molar refractivity (Wildman–Crippen MR) is 73.2 cm³/mol. The largest absolute Gasteiger partial charge is 0.467 e. The molecule has 0 bridgehead atoms. The van der Waals surface area contributed by atoms with E-state index in [0.29, 0.717) is 30.6 Å². The van der Waals surface area contributed by atoms with Crippen molar-refractivity contribution in [2.24, 2.45) is 5.92 Å². The van der Waals surface area contributed by atoms with Crippen molar-refractivity contribution in [1.29, 1.82) is 0 Å². The summed E-state index contributed by atoms with van der Waals surface area (Å²) in [4.78, 5) is 12.0. The van der Waals surface area contributed by atoms with Crippen molar-refractivity contribution in [2.75, 3.05) is 13.2 Å². The lowest BCUT2D eigenvalue weighted by Crippen LogP contribution is -2.32. The molecule has 0 fully saturated rings. The number of hydrogen-bond acceptors (Lipinski definition) is 4. The average molecular weight is 277 g/mol. The lowest BCUT2D eigenvalue weighted by molar-refractivity contribution is 0.0727. The van der Waals surface area contributed by atoms with Crippen LogP contribution in [-0.2, 0) is 4.74 Å². The van der Waals surface area contributed by atoms with Crippen LogP contribution in [-0.4, -0.2) is 29.3 Å². The molecule has 0 radical (unpaired) electrons. The van der Waals surface area contributed by atoms with E-state index in [9.17, 15) is 4.79 Å². The molecule has 0 spiro atoms. The zero-order valence-electron chi connectivity index (χ0n) is 11.6. The van der Waals surface area contributed by atoms with E-state index in [2.05, 4.69) is 29.4 Å². The maximum atomic E-state index is 12.0. The summed E-state index contributed by atoms with van der Waals surface area (Å²) >= 11 is 0. The first-order chi connectivity index (χ1) is 9.66. The van der Waals surface area contributed by atoms with Crippen molar-refractivity contribution < 1.29 is 13.9 Å². The van der Waals surface area contributed by atoms with Gasteiger partial charge < -0.3 is 14.5 Å². The molecule has 20 heavy (non-hydrogen) atoms. The third-order valence-corrected chi connectivity index (χ3v) is 2.67. The molecule has 2 aromatic heterocycles. The Kier molecular flexibility index (Phi) is 4.95. The third-order valence-electron chi connectivity index (χ3n) is 2.67. The molecular formula is C14H19N3O3. The number of aromatic amines is 1. The van der Waals surface area contributed by atoms with Gasteiger partial charge in [-0.2, -0.15) is 5.10 Å². The Morgan fingerprint density at radius 2 is 2.30 bits per heavy atom. The summed E-state index contributed by atoms with van der Waals surface area (Å²) in [6, 6.07) is 4.90. The SMILES string of the molecule is CC(C)COC[C@H](NC(=O)c1ccn[nH]1)c1ccco1. The standard InChI is InChI=1S/C14H19N3O3/c1-10(2)8-19-9-12(13-4-3-7-20-13)16-14(18)11-5-6-15-17-11/h3-7,10,12H,8-9H2,1-2H3,(H,15,17)(H,16,18)/t12-/m0/s1. The minimum Gasteiger partial charge on any atom is -0.467 e. The molecule has 2 heterocycles. The highest BCUT2D eigenvalue weighted by atomic mass is 16.5. The molecule has 2 N–H and O–H groups in total. The van der Waals surface area contributed by atoms with E-state index in [-0.39, 0.29) is 11.9 Å². The van der Waals surface area contributed by atoms with Gasteiger partial charge in [0.2, 0.25) is 0 Å². The molecule has 1 amide bonds. The molecule has 2 aromatic rings. The molecule has 1 atom stereocenters. The van der Waals surface area contributed by atoms with Gasteiger partial charge >= 0.3 is 0 Å². The van der Waals surface area contributed by atoms with Gasteiger partial charge in [-0.05, 0) is 24.1 Å². The van der Waals surface area contributed by atoms with Gasteiger partial charge in [-0.1, -0.05) is 13.8 Å². The van der Waals surface area contributed by atoms with Crippen LogP contribution in [0.15, 0.2) is 35.1 Å². The number of nitrogens with one attached hydrogen (secondary N) is 2. The molecule has 0 aliphatic heterocycles. The minimum atomic E-state index is -0.320. The van der Waals surface area contributed by atoms with Gasteiger partial charge in [0.25, 0.3) is 5.91 Å². The molecule has 6 heteroatoms. The highest BCUT2D eigenvalue weighted by Crippen LogP contribution is 2.15. The Morgan fingerprint density at radius 1 is 1.45 bits per heavy atom. The van der Waals surface area contributed by atoms with E-state index in [1.807, 2.05) is 6.07 Å². The van der Waals surface area contributed by atoms with Gasteiger partial charge in [-0.25, -0.2) is 0 Å². The van der Waals surface area contributed by atoms with Gasteiger partial charge in [-0.15, -0.1) is 0 Å². The fourth-order valence-corrected chi connectivity index (χ4v) is 1.72. The van der Waals surface area contributed by atoms with Crippen LogP contribution < -0.4 is 5.32 Å². The van der Waals surface area contributed by atoms with Crippen molar-refractivity contribution in [1.82, 2.24) is 15.5 Å². The number of aromatic nitrogens is 2. The van der Waals surface area contributed by atoms with Gasteiger partial charge in [0, 0.05) is 12.8 Å². The number of hydrogen-bond donors (Lipinski definition) is 2.